The molecular weight excluding hydrogens is 250 g/mol. The third-order valence-corrected chi connectivity index (χ3v) is 4.70. The molecule has 0 bridgehead atoms. The largest absolute Gasteiger partial charge is 0.313 e. The van der Waals surface area contributed by atoms with Gasteiger partial charge in [0.1, 0.15) is 0 Å². The lowest BCUT2D eigenvalue weighted by molar-refractivity contribution is 0.570. The zero-order valence-electron chi connectivity index (χ0n) is 13.3. The van der Waals surface area contributed by atoms with Crippen molar-refractivity contribution in [3.8, 4) is 0 Å². The van der Waals surface area contributed by atoms with Crippen LogP contribution in [0, 0.1) is 13.8 Å². The van der Waals surface area contributed by atoms with Gasteiger partial charge in [0.2, 0.25) is 0 Å². The zero-order chi connectivity index (χ0) is 14.5. The average molecular weight is 279 g/mol. The van der Waals surface area contributed by atoms with E-state index in [0.29, 0.717) is 10.8 Å². The van der Waals surface area contributed by atoms with Crippen LogP contribution in [0.2, 0.25) is 0 Å². The van der Waals surface area contributed by atoms with Crippen LogP contribution in [0.1, 0.15) is 44.4 Å². The minimum absolute atomic E-state index is 0.344. The number of hydrogen-bond donors (Lipinski definition) is 1. The maximum absolute atomic E-state index is 3.62. The van der Waals surface area contributed by atoms with Crippen LogP contribution in [0.3, 0.4) is 0 Å². The Hall–Kier alpha value is -0.470. The van der Waals surface area contributed by atoms with Crippen molar-refractivity contribution in [3.63, 3.8) is 0 Å². The Kier molecular flexibility index (Phi) is 6.41. The molecule has 1 unspecified atom stereocenters. The van der Waals surface area contributed by atoms with Gasteiger partial charge < -0.3 is 5.32 Å². The number of hydrogen-bond acceptors (Lipinski definition) is 2. The zero-order valence-corrected chi connectivity index (χ0v) is 14.2. The topological polar surface area (TPSA) is 12.0 Å². The first-order valence-corrected chi connectivity index (χ1v) is 8.24. The van der Waals surface area contributed by atoms with E-state index in [1.807, 2.05) is 11.8 Å². The van der Waals surface area contributed by atoms with Gasteiger partial charge in [0.05, 0.1) is 0 Å². The summed E-state index contributed by atoms with van der Waals surface area (Å²) in [6.45, 7) is 14.5. The SMILES string of the molecule is CCNC(CSC(C)(C)C)Cc1ccc(C)c(C)c1. The van der Waals surface area contributed by atoms with Gasteiger partial charge in [0.15, 0.2) is 0 Å². The normalized spacial score (nSPS) is 13.6. The van der Waals surface area contributed by atoms with Gasteiger partial charge in [0, 0.05) is 16.5 Å². The van der Waals surface area contributed by atoms with Gasteiger partial charge in [-0.2, -0.15) is 11.8 Å². The summed E-state index contributed by atoms with van der Waals surface area (Å²) in [6, 6.07) is 7.41. The molecule has 1 atom stereocenters. The Balaban J connectivity index is 2.64. The monoisotopic (exact) mass is 279 g/mol. The third kappa shape index (κ3) is 6.49. The van der Waals surface area contributed by atoms with Crippen molar-refractivity contribution in [2.45, 2.75) is 58.8 Å². The molecule has 0 heterocycles. The van der Waals surface area contributed by atoms with Crippen LogP contribution >= 0.6 is 11.8 Å². The highest BCUT2D eigenvalue weighted by Gasteiger charge is 2.15. The lowest BCUT2D eigenvalue weighted by Crippen LogP contribution is -2.34. The minimum Gasteiger partial charge on any atom is -0.313 e. The molecule has 1 nitrogen and oxygen atoms in total. The Morgan fingerprint density at radius 3 is 2.37 bits per heavy atom. The molecule has 1 N–H and O–H groups in total. The smallest absolute Gasteiger partial charge is 0.0198 e. The highest BCUT2D eigenvalue weighted by molar-refractivity contribution is 8.00. The van der Waals surface area contributed by atoms with Crippen LogP contribution in [0.15, 0.2) is 18.2 Å². The van der Waals surface area contributed by atoms with Gasteiger partial charge in [-0.15, -0.1) is 0 Å². The molecular formula is C17H29NS. The van der Waals surface area contributed by atoms with Gasteiger partial charge in [-0.25, -0.2) is 0 Å². The Labute approximate surface area is 123 Å². The molecule has 0 fully saturated rings. The predicted octanol–water partition coefficient (Wildman–Crippen LogP) is 4.36. The molecule has 0 aromatic heterocycles. The third-order valence-electron chi connectivity index (χ3n) is 3.26. The van der Waals surface area contributed by atoms with Crippen LogP contribution in [0.4, 0.5) is 0 Å². The number of aryl methyl sites for hydroxylation is 2. The van der Waals surface area contributed by atoms with E-state index in [-0.39, 0.29) is 0 Å². The molecule has 1 aromatic rings. The number of nitrogens with one attached hydrogen (secondary N) is 1. The first-order valence-electron chi connectivity index (χ1n) is 7.25. The van der Waals surface area contributed by atoms with Crippen molar-refractivity contribution in [3.05, 3.63) is 34.9 Å². The molecule has 0 aliphatic carbocycles. The minimum atomic E-state index is 0.344. The van der Waals surface area contributed by atoms with Gasteiger partial charge in [-0.3, -0.25) is 0 Å². The molecule has 0 aliphatic rings. The molecule has 0 aliphatic heterocycles. The second-order valence-corrected chi connectivity index (χ2v) is 8.15. The average Bonchev–Trinajstić information content (AvgIpc) is 2.30. The molecule has 19 heavy (non-hydrogen) atoms. The first-order chi connectivity index (χ1) is 8.81. The fourth-order valence-corrected chi connectivity index (χ4v) is 2.98. The maximum Gasteiger partial charge on any atom is 0.0198 e. The summed E-state index contributed by atoms with van der Waals surface area (Å²) in [7, 11) is 0. The van der Waals surface area contributed by atoms with E-state index in [9.17, 15) is 0 Å². The van der Waals surface area contributed by atoms with Crippen molar-refractivity contribution in [1.82, 2.24) is 5.32 Å². The van der Waals surface area contributed by atoms with Gasteiger partial charge in [0.25, 0.3) is 0 Å². The molecule has 1 rings (SSSR count). The van der Waals surface area contributed by atoms with E-state index < -0.39 is 0 Å². The molecule has 0 saturated carbocycles. The quantitative estimate of drug-likeness (QED) is 0.830. The fourth-order valence-electron chi connectivity index (χ4n) is 2.04. The first kappa shape index (κ1) is 16.6. The van der Waals surface area contributed by atoms with E-state index in [0.717, 1.165) is 13.0 Å². The summed E-state index contributed by atoms with van der Waals surface area (Å²) in [5.41, 5.74) is 4.23. The Morgan fingerprint density at radius 2 is 1.84 bits per heavy atom. The highest BCUT2D eigenvalue weighted by atomic mass is 32.2. The van der Waals surface area contributed by atoms with Crippen molar-refractivity contribution >= 4 is 11.8 Å². The number of likely N-dealkylation sites (N-methyl/N-ethyl adjacent to an activating group) is 1. The molecule has 1 aromatic carbocycles. The van der Waals surface area contributed by atoms with E-state index in [2.05, 4.69) is 65.1 Å². The molecule has 0 amide bonds. The molecule has 0 radical (unpaired) electrons. The molecule has 0 saturated heterocycles. The number of benzene rings is 1. The van der Waals surface area contributed by atoms with Gasteiger partial charge in [-0.1, -0.05) is 45.9 Å². The lowest BCUT2D eigenvalue weighted by Gasteiger charge is -2.24. The van der Waals surface area contributed by atoms with Crippen LogP contribution in [0.5, 0.6) is 0 Å². The van der Waals surface area contributed by atoms with Crippen molar-refractivity contribution < 1.29 is 0 Å². The summed E-state index contributed by atoms with van der Waals surface area (Å²) < 4.78 is 0.344. The van der Waals surface area contributed by atoms with Crippen molar-refractivity contribution in [2.75, 3.05) is 12.3 Å². The second-order valence-electron chi connectivity index (χ2n) is 6.30. The van der Waals surface area contributed by atoms with E-state index in [1.54, 1.807) is 0 Å². The Morgan fingerprint density at radius 1 is 1.16 bits per heavy atom. The van der Waals surface area contributed by atoms with Gasteiger partial charge >= 0.3 is 0 Å². The molecule has 0 spiro atoms. The highest BCUT2D eigenvalue weighted by Crippen LogP contribution is 2.24. The summed E-state index contributed by atoms with van der Waals surface area (Å²) in [6.07, 6.45) is 1.12. The standard InChI is InChI=1S/C17H29NS/c1-7-18-16(12-19-17(4,5)6)11-15-9-8-13(2)14(3)10-15/h8-10,16,18H,7,11-12H2,1-6H3. The maximum atomic E-state index is 3.62. The van der Waals surface area contributed by atoms with Crippen molar-refractivity contribution in [2.24, 2.45) is 0 Å². The summed E-state index contributed by atoms with van der Waals surface area (Å²) >= 11 is 2.05. The van der Waals surface area contributed by atoms with Crippen LogP contribution in [-0.2, 0) is 6.42 Å². The summed E-state index contributed by atoms with van der Waals surface area (Å²) in [5, 5.41) is 3.62. The number of rotatable bonds is 6. The lowest BCUT2D eigenvalue weighted by atomic mass is 10.0. The summed E-state index contributed by atoms with van der Waals surface area (Å²) in [5.74, 6) is 1.17. The van der Waals surface area contributed by atoms with Crippen LogP contribution < -0.4 is 5.32 Å². The van der Waals surface area contributed by atoms with E-state index >= 15 is 0 Å². The van der Waals surface area contributed by atoms with Gasteiger partial charge in [-0.05, 0) is 43.5 Å². The predicted molar refractivity (Wildman–Crippen MR) is 89.3 cm³/mol. The molecule has 108 valence electrons. The van der Waals surface area contributed by atoms with Crippen molar-refractivity contribution in [1.29, 1.82) is 0 Å². The van der Waals surface area contributed by atoms with Crippen LogP contribution in [-0.4, -0.2) is 23.1 Å². The van der Waals surface area contributed by atoms with E-state index in [1.165, 1.54) is 22.4 Å². The Bertz CT molecular complexity index is 393. The summed E-state index contributed by atoms with van der Waals surface area (Å²) in [4.78, 5) is 0. The number of thioether (sulfide) groups is 1. The fraction of sp³-hybridized carbons (Fsp3) is 0.647. The van der Waals surface area contributed by atoms with E-state index in [4.69, 9.17) is 0 Å². The second kappa shape index (κ2) is 7.35. The molecule has 2 heteroatoms. The van der Waals surface area contributed by atoms with Crippen LogP contribution in [0.25, 0.3) is 0 Å².